The zero-order chi connectivity index (χ0) is 14.5. The Kier molecular flexibility index (Phi) is 4.77. The summed E-state index contributed by atoms with van der Waals surface area (Å²) in [5.74, 6) is -0.243. The molecule has 0 fully saturated rings. The molecule has 0 radical (unpaired) electrons. The Morgan fingerprint density at radius 1 is 1.20 bits per heavy atom. The van der Waals surface area contributed by atoms with Crippen LogP contribution in [0, 0.1) is 6.92 Å². The third-order valence-corrected chi connectivity index (χ3v) is 3.61. The van der Waals surface area contributed by atoms with Crippen molar-refractivity contribution in [2.75, 3.05) is 6.61 Å². The van der Waals surface area contributed by atoms with E-state index >= 15 is 0 Å². The number of aliphatic hydroxyl groups excluding tert-OH is 1. The van der Waals surface area contributed by atoms with Crippen LogP contribution in [0.3, 0.4) is 0 Å². The molecule has 1 atom stereocenters. The molecule has 0 aromatic heterocycles. The zero-order valence-electron chi connectivity index (χ0n) is 11.1. The highest BCUT2D eigenvalue weighted by atomic mass is 35.5. The van der Waals surface area contributed by atoms with E-state index in [9.17, 15) is 9.90 Å². The van der Waals surface area contributed by atoms with Gasteiger partial charge in [-0.3, -0.25) is 4.79 Å². The smallest absolute Gasteiger partial charge is 0.252 e. The Hall–Kier alpha value is -1.84. The Labute approximate surface area is 123 Å². The molecule has 0 aliphatic heterocycles. The van der Waals surface area contributed by atoms with Crippen LogP contribution in [0.1, 0.15) is 27.5 Å². The predicted molar refractivity (Wildman–Crippen MR) is 79.9 cm³/mol. The molecule has 0 spiro atoms. The highest BCUT2D eigenvalue weighted by Crippen LogP contribution is 2.20. The van der Waals surface area contributed by atoms with Gasteiger partial charge in [-0.1, -0.05) is 48.0 Å². The van der Waals surface area contributed by atoms with Crippen molar-refractivity contribution in [1.29, 1.82) is 0 Å². The first-order chi connectivity index (χ1) is 9.63. The van der Waals surface area contributed by atoms with Crippen LogP contribution in [0.5, 0.6) is 0 Å². The zero-order valence-corrected chi connectivity index (χ0v) is 11.9. The van der Waals surface area contributed by atoms with E-state index in [-0.39, 0.29) is 12.5 Å². The minimum Gasteiger partial charge on any atom is -0.394 e. The van der Waals surface area contributed by atoms with Crippen molar-refractivity contribution >= 4 is 17.5 Å². The molecule has 2 aromatic carbocycles. The van der Waals surface area contributed by atoms with Crippen LogP contribution in [0.25, 0.3) is 0 Å². The van der Waals surface area contributed by atoms with E-state index in [1.54, 1.807) is 25.1 Å². The molecule has 104 valence electrons. The molecule has 2 rings (SSSR count). The normalized spacial score (nSPS) is 11.9. The van der Waals surface area contributed by atoms with E-state index in [1.165, 1.54) is 0 Å². The van der Waals surface area contributed by atoms with Crippen LogP contribution in [-0.4, -0.2) is 17.6 Å². The molecule has 2 N–H and O–H groups in total. The van der Waals surface area contributed by atoms with Crippen molar-refractivity contribution < 1.29 is 9.90 Å². The second-order valence-corrected chi connectivity index (χ2v) is 4.94. The van der Waals surface area contributed by atoms with Gasteiger partial charge < -0.3 is 10.4 Å². The first kappa shape index (κ1) is 14.6. The molecule has 1 amide bonds. The summed E-state index contributed by atoms with van der Waals surface area (Å²) in [6.07, 6.45) is 0. The number of hydrogen-bond acceptors (Lipinski definition) is 2. The third kappa shape index (κ3) is 3.18. The second-order valence-electron chi connectivity index (χ2n) is 4.53. The molecular formula is C16H16ClNO2. The van der Waals surface area contributed by atoms with Crippen LogP contribution >= 0.6 is 11.6 Å². The Morgan fingerprint density at radius 3 is 2.55 bits per heavy atom. The maximum atomic E-state index is 12.3. The van der Waals surface area contributed by atoms with Crippen molar-refractivity contribution in [3.8, 4) is 0 Å². The number of hydrogen-bond donors (Lipinski definition) is 2. The lowest BCUT2D eigenvalue weighted by atomic mass is 10.1. The van der Waals surface area contributed by atoms with Gasteiger partial charge in [0.25, 0.3) is 5.91 Å². The fourth-order valence-electron chi connectivity index (χ4n) is 2.01. The first-order valence-electron chi connectivity index (χ1n) is 6.35. The lowest BCUT2D eigenvalue weighted by Crippen LogP contribution is -2.31. The number of halogens is 1. The third-order valence-electron chi connectivity index (χ3n) is 3.20. The summed E-state index contributed by atoms with van der Waals surface area (Å²) in [5, 5.41) is 12.8. The van der Waals surface area contributed by atoms with Crippen LogP contribution < -0.4 is 5.32 Å². The minimum absolute atomic E-state index is 0.157. The molecule has 1 unspecified atom stereocenters. The van der Waals surface area contributed by atoms with Gasteiger partial charge in [0.2, 0.25) is 0 Å². The number of nitrogens with one attached hydrogen (secondary N) is 1. The quantitative estimate of drug-likeness (QED) is 0.908. The lowest BCUT2D eigenvalue weighted by molar-refractivity contribution is 0.0915. The molecule has 0 saturated carbocycles. The van der Waals surface area contributed by atoms with Gasteiger partial charge in [-0.15, -0.1) is 0 Å². The number of benzene rings is 2. The molecule has 0 heterocycles. The maximum Gasteiger partial charge on any atom is 0.252 e. The highest BCUT2D eigenvalue weighted by Gasteiger charge is 2.16. The summed E-state index contributed by atoms with van der Waals surface area (Å²) in [4.78, 5) is 12.3. The van der Waals surface area contributed by atoms with Crippen LogP contribution in [0.2, 0.25) is 5.02 Å². The van der Waals surface area contributed by atoms with Crippen LogP contribution in [-0.2, 0) is 0 Å². The number of aliphatic hydroxyl groups is 1. The average Bonchev–Trinajstić information content (AvgIpc) is 2.48. The topological polar surface area (TPSA) is 49.3 Å². The van der Waals surface area contributed by atoms with Crippen molar-refractivity contribution in [2.45, 2.75) is 13.0 Å². The Morgan fingerprint density at radius 2 is 1.90 bits per heavy atom. The molecular weight excluding hydrogens is 274 g/mol. The standard InChI is InChI=1S/C16H16ClNO2/c1-11-13(8-5-9-14(11)17)16(20)18-15(10-19)12-6-3-2-4-7-12/h2-9,15,19H,10H2,1H3,(H,18,20). The van der Waals surface area contributed by atoms with Crippen molar-refractivity contribution in [2.24, 2.45) is 0 Å². The summed E-state index contributed by atoms with van der Waals surface area (Å²) in [7, 11) is 0. The largest absolute Gasteiger partial charge is 0.394 e. The maximum absolute atomic E-state index is 12.3. The van der Waals surface area contributed by atoms with E-state index in [0.717, 1.165) is 11.1 Å². The molecule has 3 nitrogen and oxygen atoms in total. The molecule has 4 heteroatoms. The first-order valence-corrected chi connectivity index (χ1v) is 6.73. The predicted octanol–water partition coefficient (Wildman–Crippen LogP) is 3.11. The molecule has 0 saturated heterocycles. The molecule has 20 heavy (non-hydrogen) atoms. The van der Waals surface area contributed by atoms with E-state index in [0.29, 0.717) is 10.6 Å². The highest BCUT2D eigenvalue weighted by molar-refractivity contribution is 6.31. The van der Waals surface area contributed by atoms with Gasteiger partial charge in [0.1, 0.15) is 0 Å². The van der Waals surface area contributed by atoms with Gasteiger partial charge in [-0.25, -0.2) is 0 Å². The van der Waals surface area contributed by atoms with Crippen LogP contribution in [0.4, 0.5) is 0 Å². The number of amides is 1. The molecule has 0 aliphatic carbocycles. The van der Waals surface area contributed by atoms with Crippen LogP contribution in [0.15, 0.2) is 48.5 Å². The summed E-state index contributed by atoms with van der Waals surface area (Å²) >= 11 is 6.02. The van der Waals surface area contributed by atoms with Gasteiger partial charge in [0.05, 0.1) is 12.6 Å². The monoisotopic (exact) mass is 289 g/mol. The minimum atomic E-state index is -0.429. The van der Waals surface area contributed by atoms with Gasteiger partial charge in [-0.05, 0) is 30.2 Å². The molecule has 2 aromatic rings. The molecule has 0 bridgehead atoms. The Balaban J connectivity index is 2.20. The summed E-state index contributed by atoms with van der Waals surface area (Å²) in [6.45, 7) is 1.64. The van der Waals surface area contributed by atoms with Gasteiger partial charge in [-0.2, -0.15) is 0 Å². The van der Waals surface area contributed by atoms with E-state index in [4.69, 9.17) is 11.6 Å². The summed E-state index contributed by atoms with van der Waals surface area (Å²) in [6, 6.07) is 14.1. The number of carbonyl (C=O) groups is 1. The second kappa shape index (κ2) is 6.55. The van der Waals surface area contributed by atoms with Gasteiger partial charge in [0.15, 0.2) is 0 Å². The van der Waals surface area contributed by atoms with Gasteiger partial charge in [0, 0.05) is 10.6 Å². The van der Waals surface area contributed by atoms with E-state index in [1.807, 2.05) is 30.3 Å². The van der Waals surface area contributed by atoms with Crippen molar-refractivity contribution in [1.82, 2.24) is 5.32 Å². The van der Waals surface area contributed by atoms with Gasteiger partial charge >= 0.3 is 0 Å². The van der Waals surface area contributed by atoms with E-state index in [2.05, 4.69) is 5.32 Å². The van der Waals surface area contributed by atoms with E-state index < -0.39 is 6.04 Å². The van der Waals surface area contributed by atoms with Crippen molar-refractivity contribution in [3.63, 3.8) is 0 Å². The number of carbonyl (C=O) groups excluding carboxylic acids is 1. The Bertz CT molecular complexity index is 599. The summed E-state index contributed by atoms with van der Waals surface area (Å²) in [5.41, 5.74) is 2.12. The SMILES string of the molecule is Cc1c(Cl)cccc1C(=O)NC(CO)c1ccccc1. The number of rotatable bonds is 4. The fraction of sp³-hybridized carbons (Fsp3) is 0.188. The average molecular weight is 290 g/mol. The fourth-order valence-corrected chi connectivity index (χ4v) is 2.18. The summed E-state index contributed by atoms with van der Waals surface area (Å²) < 4.78 is 0. The lowest BCUT2D eigenvalue weighted by Gasteiger charge is -2.17. The molecule has 0 aliphatic rings. The van der Waals surface area contributed by atoms with Crippen molar-refractivity contribution in [3.05, 3.63) is 70.2 Å².